The molecule has 1 heterocycles. The number of rotatable bonds is 6. The molecule has 0 unspecified atom stereocenters. The predicted octanol–water partition coefficient (Wildman–Crippen LogP) is 3.64. The van der Waals surface area contributed by atoms with Crippen molar-refractivity contribution in [2.75, 3.05) is 17.2 Å². The van der Waals surface area contributed by atoms with Gasteiger partial charge in [0.25, 0.3) is 0 Å². The van der Waals surface area contributed by atoms with E-state index in [-0.39, 0.29) is 12.5 Å². The molecule has 4 rings (SSSR count). The largest absolute Gasteiger partial charge is 0.376 e. The number of hydrogen-bond donors (Lipinski definition) is 2. The maximum atomic E-state index is 12.3. The monoisotopic (exact) mass is 474 g/mol. The molecule has 0 bridgehead atoms. The Morgan fingerprint density at radius 1 is 1.26 bits per heavy atom. The third kappa shape index (κ3) is 4.26. The van der Waals surface area contributed by atoms with E-state index in [0.717, 1.165) is 44.7 Å². The molecule has 8 heteroatoms. The summed E-state index contributed by atoms with van der Waals surface area (Å²) < 4.78 is 3.03. The number of nitrogens with one attached hydrogen (secondary N) is 2. The first-order chi connectivity index (χ1) is 13.1. The van der Waals surface area contributed by atoms with Gasteiger partial charge < -0.3 is 10.6 Å². The van der Waals surface area contributed by atoms with E-state index in [2.05, 4.69) is 48.7 Å². The van der Waals surface area contributed by atoms with Crippen LogP contribution in [0.4, 0.5) is 11.4 Å². The van der Waals surface area contributed by atoms with Crippen molar-refractivity contribution in [3.8, 4) is 11.4 Å². The van der Waals surface area contributed by atoms with Crippen molar-refractivity contribution in [3.63, 3.8) is 0 Å². The maximum absolute atomic E-state index is 12.3. The topological polar surface area (TPSA) is 84.7 Å². The molecular formula is C19H19IN6O. The number of aryl methyl sites for hydroxylation is 1. The summed E-state index contributed by atoms with van der Waals surface area (Å²) in [6.07, 6.45) is 2.24. The fraction of sp³-hybridized carbons (Fsp3) is 0.263. The SMILES string of the molecule is Cc1cc(I)ccc1NC(=O)CNc1cccc(-c2nnnn2C2CC2)c1. The highest BCUT2D eigenvalue weighted by Crippen LogP contribution is 2.36. The summed E-state index contributed by atoms with van der Waals surface area (Å²) in [4.78, 5) is 12.3. The molecular weight excluding hydrogens is 455 g/mol. The van der Waals surface area contributed by atoms with E-state index < -0.39 is 0 Å². The summed E-state index contributed by atoms with van der Waals surface area (Å²) in [5, 5.41) is 18.2. The van der Waals surface area contributed by atoms with Crippen molar-refractivity contribution >= 4 is 39.9 Å². The van der Waals surface area contributed by atoms with Gasteiger partial charge in [-0.3, -0.25) is 4.79 Å². The average Bonchev–Trinajstić information content (AvgIpc) is 3.39. The molecule has 0 spiro atoms. The number of aromatic nitrogens is 4. The van der Waals surface area contributed by atoms with E-state index in [1.807, 2.05) is 54.1 Å². The molecule has 1 saturated carbocycles. The standard InChI is InChI=1S/C19H19IN6O/c1-12-9-14(20)5-8-17(12)22-18(27)11-21-15-4-2-3-13(10-15)19-23-24-25-26(19)16-6-7-16/h2-5,8-10,16,21H,6-7,11H2,1H3,(H,22,27). The molecule has 2 aromatic carbocycles. The molecule has 1 fully saturated rings. The Kier molecular flexibility index (Phi) is 5.06. The van der Waals surface area contributed by atoms with Gasteiger partial charge in [-0.25, -0.2) is 4.68 Å². The number of tetrazole rings is 1. The number of carbonyl (C=O) groups is 1. The first kappa shape index (κ1) is 17.9. The van der Waals surface area contributed by atoms with Crippen LogP contribution in [0.3, 0.4) is 0 Å². The van der Waals surface area contributed by atoms with Crippen LogP contribution >= 0.6 is 22.6 Å². The van der Waals surface area contributed by atoms with Crippen LogP contribution in [0.2, 0.25) is 0 Å². The zero-order valence-corrected chi connectivity index (χ0v) is 17.0. The van der Waals surface area contributed by atoms with Crippen molar-refractivity contribution in [2.24, 2.45) is 0 Å². The van der Waals surface area contributed by atoms with Gasteiger partial charge in [-0.05, 0) is 88.7 Å². The molecule has 0 atom stereocenters. The van der Waals surface area contributed by atoms with Gasteiger partial charge in [0.05, 0.1) is 12.6 Å². The van der Waals surface area contributed by atoms with Gasteiger partial charge in [0, 0.05) is 20.5 Å². The number of carbonyl (C=O) groups excluding carboxylic acids is 1. The molecule has 1 aromatic heterocycles. The minimum atomic E-state index is -0.0903. The molecule has 0 radical (unpaired) electrons. The Balaban J connectivity index is 1.41. The molecule has 7 nitrogen and oxygen atoms in total. The average molecular weight is 474 g/mol. The Bertz CT molecular complexity index is 982. The van der Waals surface area contributed by atoms with Crippen LogP contribution in [0, 0.1) is 10.5 Å². The summed E-state index contributed by atoms with van der Waals surface area (Å²) in [5.74, 6) is 0.674. The highest BCUT2D eigenvalue weighted by molar-refractivity contribution is 14.1. The van der Waals surface area contributed by atoms with E-state index in [0.29, 0.717) is 6.04 Å². The normalized spacial score (nSPS) is 13.4. The molecule has 3 aromatic rings. The Labute approximate surface area is 170 Å². The third-order valence-corrected chi connectivity index (χ3v) is 5.09. The summed E-state index contributed by atoms with van der Waals surface area (Å²) in [6.45, 7) is 2.17. The van der Waals surface area contributed by atoms with Gasteiger partial charge in [-0.15, -0.1) is 5.10 Å². The van der Waals surface area contributed by atoms with Gasteiger partial charge in [0.2, 0.25) is 5.91 Å². The lowest BCUT2D eigenvalue weighted by molar-refractivity contribution is -0.114. The van der Waals surface area contributed by atoms with E-state index >= 15 is 0 Å². The van der Waals surface area contributed by atoms with Gasteiger partial charge in [0.15, 0.2) is 5.82 Å². The zero-order chi connectivity index (χ0) is 18.8. The van der Waals surface area contributed by atoms with Gasteiger partial charge in [-0.1, -0.05) is 12.1 Å². The minimum absolute atomic E-state index is 0.0903. The summed E-state index contributed by atoms with van der Waals surface area (Å²) in [6, 6.07) is 14.2. The molecule has 1 amide bonds. The molecule has 138 valence electrons. The van der Waals surface area contributed by atoms with Crippen molar-refractivity contribution in [1.82, 2.24) is 20.2 Å². The first-order valence-electron chi connectivity index (χ1n) is 8.78. The Morgan fingerprint density at radius 2 is 2.11 bits per heavy atom. The summed E-state index contributed by atoms with van der Waals surface area (Å²) >= 11 is 2.26. The number of anilines is 2. The summed E-state index contributed by atoms with van der Waals surface area (Å²) in [7, 11) is 0. The second-order valence-electron chi connectivity index (χ2n) is 6.62. The highest BCUT2D eigenvalue weighted by atomic mass is 127. The van der Waals surface area contributed by atoms with Crippen molar-refractivity contribution in [2.45, 2.75) is 25.8 Å². The Morgan fingerprint density at radius 3 is 2.89 bits per heavy atom. The number of halogens is 1. The van der Waals surface area contributed by atoms with Gasteiger partial charge >= 0.3 is 0 Å². The third-order valence-electron chi connectivity index (χ3n) is 4.42. The number of nitrogens with zero attached hydrogens (tertiary/aromatic N) is 4. The smallest absolute Gasteiger partial charge is 0.243 e. The lowest BCUT2D eigenvalue weighted by Crippen LogP contribution is -2.22. The molecule has 0 aliphatic heterocycles. The lowest BCUT2D eigenvalue weighted by atomic mass is 10.2. The van der Waals surface area contributed by atoms with Crippen molar-refractivity contribution < 1.29 is 4.79 Å². The van der Waals surface area contributed by atoms with Crippen LogP contribution in [0.5, 0.6) is 0 Å². The lowest BCUT2D eigenvalue weighted by Gasteiger charge is -2.11. The number of benzene rings is 2. The number of amides is 1. The molecule has 1 aliphatic carbocycles. The van der Waals surface area contributed by atoms with E-state index in [9.17, 15) is 4.79 Å². The zero-order valence-electron chi connectivity index (χ0n) is 14.8. The summed E-state index contributed by atoms with van der Waals surface area (Å²) in [5.41, 5.74) is 3.67. The fourth-order valence-electron chi connectivity index (χ4n) is 2.86. The van der Waals surface area contributed by atoms with Crippen molar-refractivity contribution in [3.05, 3.63) is 51.6 Å². The van der Waals surface area contributed by atoms with Crippen LogP contribution in [0.25, 0.3) is 11.4 Å². The van der Waals surface area contributed by atoms with Crippen molar-refractivity contribution in [1.29, 1.82) is 0 Å². The second-order valence-corrected chi connectivity index (χ2v) is 7.87. The fourth-order valence-corrected chi connectivity index (χ4v) is 3.51. The van der Waals surface area contributed by atoms with Crippen LogP contribution in [-0.4, -0.2) is 32.7 Å². The highest BCUT2D eigenvalue weighted by Gasteiger charge is 2.28. The molecule has 0 saturated heterocycles. The first-order valence-corrected chi connectivity index (χ1v) is 9.86. The Hall–Kier alpha value is -2.49. The maximum Gasteiger partial charge on any atom is 0.243 e. The quantitative estimate of drug-likeness (QED) is 0.533. The van der Waals surface area contributed by atoms with E-state index in [4.69, 9.17) is 0 Å². The molecule has 2 N–H and O–H groups in total. The van der Waals surface area contributed by atoms with Crippen LogP contribution < -0.4 is 10.6 Å². The van der Waals surface area contributed by atoms with Gasteiger partial charge in [-0.2, -0.15) is 0 Å². The van der Waals surface area contributed by atoms with Crippen LogP contribution in [0.15, 0.2) is 42.5 Å². The predicted molar refractivity (Wildman–Crippen MR) is 113 cm³/mol. The second kappa shape index (κ2) is 7.63. The van der Waals surface area contributed by atoms with E-state index in [1.165, 1.54) is 0 Å². The number of hydrogen-bond acceptors (Lipinski definition) is 5. The van der Waals surface area contributed by atoms with E-state index in [1.54, 1.807) is 0 Å². The van der Waals surface area contributed by atoms with Gasteiger partial charge in [0.1, 0.15) is 0 Å². The molecule has 27 heavy (non-hydrogen) atoms. The van der Waals surface area contributed by atoms with Crippen LogP contribution in [-0.2, 0) is 4.79 Å². The minimum Gasteiger partial charge on any atom is -0.376 e. The van der Waals surface area contributed by atoms with Crippen LogP contribution in [0.1, 0.15) is 24.4 Å². The molecule has 1 aliphatic rings.